The van der Waals surface area contributed by atoms with E-state index in [1.807, 2.05) is 13.8 Å². The fourth-order valence-electron chi connectivity index (χ4n) is 1.79. The molecule has 20 heavy (non-hydrogen) atoms. The standard InChI is InChI=1S/C13H19Br2NO3.ClH/c1-4-6(2)12(17)11(16)7-5-8(19-3)13(18)10(15)9(7)14;/h5-6,11-12,17-18H,4,16H2,1-3H3;1H/t6?,11-,12+;/m1./s1. The number of ether oxygens (including phenoxy) is 1. The number of halogens is 3. The van der Waals surface area contributed by atoms with Crippen molar-refractivity contribution < 1.29 is 14.9 Å². The van der Waals surface area contributed by atoms with Crippen molar-refractivity contribution in [2.24, 2.45) is 11.7 Å². The first-order chi connectivity index (χ1) is 8.84. The van der Waals surface area contributed by atoms with E-state index in [0.29, 0.717) is 20.3 Å². The average Bonchev–Trinajstić information content (AvgIpc) is 2.42. The van der Waals surface area contributed by atoms with Crippen LogP contribution in [0.4, 0.5) is 0 Å². The molecule has 0 amide bonds. The van der Waals surface area contributed by atoms with E-state index in [9.17, 15) is 10.2 Å². The van der Waals surface area contributed by atoms with Gasteiger partial charge in [-0.25, -0.2) is 0 Å². The number of hydrogen-bond acceptors (Lipinski definition) is 4. The van der Waals surface area contributed by atoms with E-state index in [-0.39, 0.29) is 24.1 Å². The van der Waals surface area contributed by atoms with Crippen LogP contribution < -0.4 is 10.5 Å². The number of nitrogens with two attached hydrogens (primary N) is 1. The Balaban J connectivity index is 0.00000361. The average molecular weight is 434 g/mol. The smallest absolute Gasteiger partial charge is 0.173 e. The zero-order valence-electron chi connectivity index (χ0n) is 11.6. The molecule has 0 saturated heterocycles. The van der Waals surface area contributed by atoms with Crippen molar-refractivity contribution in [2.75, 3.05) is 7.11 Å². The maximum atomic E-state index is 10.2. The van der Waals surface area contributed by atoms with Gasteiger partial charge in [0.2, 0.25) is 0 Å². The summed E-state index contributed by atoms with van der Waals surface area (Å²) < 4.78 is 6.19. The Hall–Kier alpha value is -0.01000. The van der Waals surface area contributed by atoms with Crippen LogP contribution in [0, 0.1) is 5.92 Å². The van der Waals surface area contributed by atoms with Gasteiger partial charge in [-0.15, -0.1) is 12.4 Å². The van der Waals surface area contributed by atoms with Crippen molar-refractivity contribution in [1.82, 2.24) is 0 Å². The summed E-state index contributed by atoms with van der Waals surface area (Å²) in [5.74, 6) is 0.403. The molecule has 4 N–H and O–H groups in total. The van der Waals surface area contributed by atoms with Crippen molar-refractivity contribution in [3.8, 4) is 11.5 Å². The molecule has 1 rings (SSSR count). The van der Waals surface area contributed by atoms with Crippen LogP contribution in [0.2, 0.25) is 0 Å². The summed E-state index contributed by atoms with van der Waals surface area (Å²) in [6, 6.07) is 1.08. The molecule has 1 aromatic carbocycles. The number of hydrogen-bond donors (Lipinski definition) is 3. The first-order valence-corrected chi connectivity index (χ1v) is 7.62. The summed E-state index contributed by atoms with van der Waals surface area (Å²) in [4.78, 5) is 0. The lowest BCUT2D eigenvalue weighted by Gasteiger charge is -2.26. The molecule has 0 aliphatic heterocycles. The molecule has 1 unspecified atom stereocenters. The van der Waals surface area contributed by atoms with Crippen LogP contribution in [0.1, 0.15) is 31.9 Å². The summed E-state index contributed by atoms with van der Waals surface area (Å²) >= 11 is 6.66. The minimum absolute atomic E-state index is 0. The van der Waals surface area contributed by atoms with E-state index in [1.165, 1.54) is 7.11 Å². The van der Waals surface area contributed by atoms with E-state index < -0.39 is 12.1 Å². The first-order valence-electron chi connectivity index (χ1n) is 6.03. The molecule has 4 nitrogen and oxygen atoms in total. The summed E-state index contributed by atoms with van der Waals surface area (Å²) in [7, 11) is 1.47. The molecule has 0 bridgehead atoms. The second kappa shape index (κ2) is 8.44. The molecule has 116 valence electrons. The Morgan fingerprint density at radius 1 is 1.35 bits per heavy atom. The molecule has 0 heterocycles. The van der Waals surface area contributed by atoms with E-state index in [4.69, 9.17) is 10.5 Å². The van der Waals surface area contributed by atoms with E-state index in [2.05, 4.69) is 31.9 Å². The van der Waals surface area contributed by atoms with Crippen LogP contribution in [-0.4, -0.2) is 23.4 Å². The molecule has 7 heteroatoms. The van der Waals surface area contributed by atoms with Gasteiger partial charge in [0, 0.05) is 4.47 Å². The summed E-state index contributed by atoms with van der Waals surface area (Å²) in [5.41, 5.74) is 6.81. The number of phenolic OH excluding ortho intramolecular Hbond substituents is 1. The molecule has 0 aliphatic carbocycles. The third kappa shape index (κ3) is 4.01. The lowest BCUT2D eigenvalue weighted by Crippen LogP contribution is -2.31. The Kier molecular flexibility index (Phi) is 8.43. The van der Waals surface area contributed by atoms with Crippen molar-refractivity contribution in [2.45, 2.75) is 32.4 Å². The van der Waals surface area contributed by atoms with E-state index >= 15 is 0 Å². The summed E-state index contributed by atoms with van der Waals surface area (Å²) in [6.45, 7) is 3.95. The van der Waals surface area contributed by atoms with Gasteiger partial charge in [-0.2, -0.15) is 0 Å². The quantitative estimate of drug-likeness (QED) is 0.661. The summed E-state index contributed by atoms with van der Waals surface area (Å²) in [5, 5.41) is 20.1. The van der Waals surface area contributed by atoms with Crippen LogP contribution >= 0.6 is 44.3 Å². The molecule has 0 aromatic heterocycles. The number of methoxy groups -OCH3 is 1. The fourth-order valence-corrected chi connectivity index (χ4v) is 2.78. The Morgan fingerprint density at radius 2 is 1.90 bits per heavy atom. The molecule has 0 aliphatic rings. The monoisotopic (exact) mass is 431 g/mol. The Labute approximate surface area is 142 Å². The molecule has 0 fully saturated rings. The lowest BCUT2D eigenvalue weighted by atomic mass is 9.91. The fraction of sp³-hybridized carbons (Fsp3) is 0.538. The van der Waals surface area contributed by atoms with Crippen molar-refractivity contribution in [1.29, 1.82) is 0 Å². The first kappa shape index (κ1) is 20.0. The molecule has 0 spiro atoms. The molecular weight excluding hydrogens is 413 g/mol. The highest BCUT2D eigenvalue weighted by Crippen LogP contribution is 2.44. The number of phenols is 1. The van der Waals surface area contributed by atoms with Gasteiger partial charge in [-0.3, -0.25) is 0 Å². The number of rotatable bonds is 5. The van der Waals surface area contributed by atoms with Gasteiger partial charge >= 0.3 is 0 Å². The predicted molar refractivity (Wildman–Crippen MR) is 89.7 cm³/mol. The molecule has 0 saturated carbocycles. The molecule has 1 aromatic rings. The second-order valence-electron chi connectivity index (χ2n) is 4.55. The van der Waals surface area contributed by atoms with Gasteiger partial charge in [0.25, 0.3) is 0 Å². The van der Waals surface area contributed by atoms with Crippen molar-refractivity contribution in [3.05, 3.63) is 20.6 Å². The maximum absolute atomic E-state index is 10.2. The number of benzene rings is 1. The van der Waals surface area contributed by atoms with Gasteiger partial charge in [-0.05, 0) is 49.4 Å². The maximum Gasteiger partial charge on any atom is 0.173 e. The highest BCUT2D eigenvalue weighted by molar-refractivity contribution is 9.13. The molecule has 3 atom stereocenters. The van der Waals surface area contributed by atoms with Gasteiger partial charge in [0.1, 0.15) is 0 Å². The highest BCUT2D eigenvalue weighted by Gasteiger charge is 2.26. The van der Waals surface area contributed by atoms with E-state index in [0.717, 1.165) is 6.42 Å². The minimum atomic E-state index is -0.664. The summed E-state index contributed by atoms with van der Waals surface area (Å²) in [6.07, 6.45) is 0.172. The SMILES string of the molecule is CCC(C)[C@H](O)[C@H](N)c1cc(OC)c(O)c(Br)c1Br.Cl. The third-order valence-corrected chi connectivity index (χ3v) is 5.51. The molecule has 0 radical (unpaired) electrons. The lowest BCUT2D eigenvalue weighted by molar-refractivity contribution is 0.0876. The number of aromatic hydroxyl groups is 1. The zero-order chi connectivity index (χ0) is 14.7. The number of aliphatic hydroxyl groups excluding tert-OH is 1. The highest BCUT2D eigenvalue weighted by atomic mass is 79.9. The Bertz CT molecular complexity index is 460. The van der Waals surface area contributed by atoms with Gasteiger partial charge in [0.15, 0.2) is 11.5 Å². The van der Waals surface area contributed by atoms with Crippen LogP contribution in [0.15, 0.2) is 15.0 Å². The Morgan fingerprint density at radius 3 is 2.35 bits per heavy atom. The molecular formula is C13H20Br2ClNO3. The van der Waals surface area contributed by atoms with E-state index in [1.54, 1.807) is 6.07 Å². The van der Waals surface area contributed by atoms with Crippen molar-refractivity contribution in [3.63, 3.8) is 0 Å². The van der Waals surface area contributed by atoms with Gasteiger partial charge in [-0.1, -0.05) is 20.3 Å². The topological polar surface area (TPSA) is 75.7 Å². The van der Waals surface area contributed by atoms with Crippen LogP contribution in [0.5, 0.6) is 11.5 Å². The number of aliphatic hydroxyl groups is 1. The normalized spacial score (nSPS) is 15.2. The van der Waals surface area contributed by atoms with Gasteiger partial charge < -0.3 is 20.7 Å². The third-order valence-electron chi connectivity index (χ3n) is 3.35. The van der Waals surface area contributed by atoms with Crippen LogP contribution in [0.25, 0.3) is 0 Å². The second-order valence-corrected chi connectivity index (χ2v) is 6.13. The van der Waals surface area contributed by atoms with Crippen LogP contribution in [-0.2, 0) is 0 Å². The largest absolute Gasteiger partial charge is 0.503 e. The minimum Gasteiger partial charge on any atom is -0.503 e. The predicted octanol–water partition coefficient (Wildman–Crippen LogP) is 3.75. The van der Waals surface area contributed by atoms with Crippen molar-refractivity contribution >= 4 is 44.3 Å². The zero-order valence-corrected chi connectivity index (χ0v) is 15.5. The van der Waals surface area contributed by atoms with Crippen LogP contribution in [0.3, 0.4) is 0 Å². The van der Waals surface area contributed by atoms with Gasteiger partial charge in [0.05, 0.1) is 23.7 Å².